The lowest BCUT2D eigenvalue weighted by Crippen LogP contribution is -2.01. The Morgan fingerprint density at radius 1 is 1.24 bits per heavy atom. The fourth-order valence-electron chi connectivity index (χ4n) is 1.34. The van der Waals surface area contributed by atoms with Crippen LogP contribution in [0.3, 0.4) is 0 Å². The van der Waals surface area contributed by atoms with Crippen molar-refractivity contribution < 1.29 is 0 Å². The van der Waals surface area contributed by atoms with Gasteiger partial charge >= 0.3 is 0 Å². The van der Waals surface area contributed by atoms with Gasteiger partial charge in [-0.1, -0.05) is 23.7 Å². The van der Waals surface area contributed by atoms with Gasteiger partial charge in [0.05, 0.1) is 17.1 Å². The van der Waals surface area contributed by atoms with E-state index in [2.05, 4.69) is 15.5 Å². The number of nitrogens with zero attached hydrogens (tertiary/aromatic N) is 2. The normalized spacial score (nSPS) is 11.3. The van der Waals surface area contributed by atoms with Gasteiger partial charge in [0.15, 0.2) is 0 Å². The second kappa shape index (κ2) is 5.46. The third kappa shape index (κ3) is 3.29. The molecular weight excluding hydrogens is 234 g/mol. The van der Waals surface area contributed by atoms with E-state index in [0.717, 1.165) is 17.1 Å². The number of nitrogens with one attached hydrogen (secondary N) is 1. The Morgan fingerprint density at radius 2 is 2.12 bits per heavy atom. The zero-order valence-electron chi connectivity index (χ0n) is 9.39. The molecule has 3 nitrogen and oxygen atoms in total. The topological polar surface area (TPSA) is 37.3 Å². The molecule has 0 aliphatic rings. The minimum absolute atomic E-state index is 0.681. The maximum atomic E-state index is 5.88. The fourth-order valence-corrected chi connectivity index (χ4v) is 1.53. The second-order valence-electron chi connectivity index (χ2n) is 3.53. The van der Waals surface area contributed by atoms with Crippen LogP contribution in [0.25, 0.3) is 0 Å². The zero-order valence-corrected chi connectivity index (χ0v) is 10.1. The largest absolute Gasteiger partial charge is 0.278 e. The van der Waals surface area contributed by atoms with E-state index in [1.807, 2.05) is 49.4 Å². The zero-order chi connectivity index (χ0) is 12.1. The van der Waals surface area contributed by atoms with Crippen LogP contribution in [0.15, 0.2) is 53.8 Å². The van der Waals surface area contributed by atoms with E-state index in [1.165, 1.54) is 0 Å². The van der Waals surface area contributed by atoms with Crippen molar-refractivity contribution in [2.45, 2.75) is 6.92 Å². The Hall–Kier alpha value is -1.87. The predicted octanol–water partition coefficient (Wildman–Crippen LogP) is 3.57. The smallest absolute Gasteiger partial charge is 0.0859 e. The summed E-state index contributed by atoms with van der Waals surface area (Å²) >= 11 is 5.88. The van der Waals surface area contributed by atoms with E-state index in [9.17, 15) is 0 Å². The highest BCUT2D eigenvalue weighted by atomic mass is 35.5. The maximum Gasteiger partial charge on any atom is 0.0859 e. The van der Waals surface area contributed by atoms with Crippen LogP contribution in [0.4, 0.5) is 5.69 Å². The van der Waals surface area contributed by atoms with Crippen LogP contribution in [-0.4, -0.2) is 10.7 Å². The average Bonchev–Trinajstić information content (AvgIpc) is 2.37. The molecule has 0 aliphatic carbocycles. The Labute approximate surface area is 105 Å². The third-order valence-corrected chi connectivity index (χ3v) is 2.45. The monoisotopic (exact) mass is 245 g/mol. The van der Waals surface area contributed by atoms with Gasteiger partial charge in [-0.2, -0.15) is 5.10 Å². The van der Waals surface area contributed by atoms with Crippen LogP contribution in [-0.2, 0) is 0 Å². The highest BCUT2D eigenvalue weighted by Gasteiger charge is 1.97. The summed E-state index contributed by atoms with van der Waals surface area (Å²) in [6.45, 7) is 1.90. The van der Waals surface area contributed by atoms with Gasteiger partial charge in [0.2, 0.25) is 0 Å². The number of hydrogen-bond acceptors (Lipinski definition) is 3. The van der Waals surface area contributed by atoms with Crippen LogP contribution in [0.5, 0.6) is 0 Å². The van der Waals surface area contributed by atoms with Crippen molar-refractivity contribution in [3.63, 3.8) is 0 Å². The van der Waals surface area contributed by atoms with Gasteiger partial charge in [0, 0.05) is 11.2 Å². The van der Waals surface area contributed by atoms with Gasteiger partial charge in [-0.05, 0) is 37.3 Å². The number of aromatic nitrogens is 1. The molecule has 0 aliphatic heterocycles. The minimum atomic E-state index is 0.681. The van der Waals surface area contributed by atoms with Gasteiger partial charge in [0.25, 0.3) is 0 Å². The quantitative estimate of drug-likeness (QED) is 0.663. The van der Waals surface area contributed by atoms with Gasteiger partial charge in [0.1, 0.15) is 0 Å². The number of benzene rings is 1. The number of hydrogen-bond donors (Lipinski definition) is 1. The number of hydrazone groups is 1. The molecule has 0 radical (unpaired) electrons. The molecule has 0 spiro atoms. The summed E-state index contributed by atoms with van der Waals surface area (Å²) < 4.78 is 0. The van der Waals surface area contributed by atoms with Crippen molar-refractivity contribution in [2.75, 3.05) is 5.43 Å². The molecular formula is C13H12ClN3. The summed E-state index contributed by atoms with van der Waals surface area (Å²) in [7, 11) is 0. The molecule has 0 saturated carbocycles. The lowest BCUT2D eigenvalue weighted by molar-refractivity contribution is 1.25. The molecule has 0 amide bonds. The minimum Gasteiger partial charge on any atom is -0.278 e. The first-order valence-electron chi connectivity index (χ1n) is 5.23. The highest BCUT2D eigenvalue weighted by Crippen LogP contribution is 2.14. The standard InChI is InChI=1S/C13H12ClN3/c1-10(13-7-2-3-8-15-13)16-17-12-6-4-5-11(14)9-12/h2-9,17H,1H3/b16-10+. The van der Waals surface area contributed by atoms with Gasteiger partial charge in [-0.15, -0.1) is 0 Å². The molecule has 2 aromatic rings. The van der Waals surface area contributed by atoms with Crippen LogP contribution >= 0.6 is 11.6 Å². The molecule has 4 heteroatoms. The van der Waals surface area contributed by atoms with E-state index in [1.54, 1.807) is 6.20 Å². The molecule has 17 heavy (non-hydrogen) atoms. The third-order valence-electron chi connectivity index (χ3n) is 2.21. The lowest BCUT2D eigenvalue weighted by Gasteiger charge is -2.03. The van der Waals surface area contributed by atoms with Gasteiger partial charge in [-0.3, -0.25) is 10.4 Å². The van der Waals surface area contributed by atoms with Crippen molar-refractivity contribution in [3.05, 3.63) is 59.4 Å². The Balaban J connectivity index is 2.11. The SMILES string of the molecule is C/C(=N\Nc1cccc(Cl)c1)c1ccccn1. The number of rotatable bonds is 3. The molecule has 1 aromatic carbocycles. The van der Waals surface area contributed by atoms with E-state index in [-0.39, 0.29) is 0 Å². The first-order valence-corrected chi connectivity index (χ1v) is 5.61. The van der Waals surface area contributed by atoms with Crippen LogP contribution in [0.2, 0.25) is 5.02 Å². The van der Waals surface area contributed by atoms with Crippen molar-refractivity contribution in [2.24, 2.45) is 5.10 Å². The first kappa shape index (κ1) is 11.6. The fraction of sp³-hybridized carbons (Fsp3) is 0.0769. The van der Waals surface area contributed by atoms with Crippen LogP contribution in [0.1, 0.15) is 12.6 Å². The molecule has 0 fully saturated rings. The van der Waals surface area contributed by atoms with Gasteiger partial charge < -0.3 is 0 Å². The molecule has 2 rings (SSSR count). The van der Waals surface area contributed by atoms with E-state index in [4.69, 9.17) is 11.6 Å². The molecule has 86 valence electrons. The molecule has 1 N–H and O–H groups in total. The Morgan fingerprint density at radius 3 is 2.82 bits per heavy atom. The van der Waals surface area contributed by atoms with Crippen molar-refractivity contribution in [3.8, 4) is 0 Å². The van der Waals surface area contributed by atoms with E-state index in [0.29, 0.717) is 5.02 Å². The summed E-state index contributed by atoms with van der Waals surface area (Å²) in [5, 5.41) is 4.93. The second-order valence-corrected chi connectivity index (χ2v) is 3.97. The highest BCUT2D eigenvalue weighted by molar-refractivity contribution is 6.30. The van der Waals surface area contributed by atoms with Crippen molar-refractivity contribution in [1.29, 1.82) is 0 Å². The maximum absolute atomic E-state index is 5.88. The molecule has 1 heterocycles. The van der Waals surface area contributed by atoms with Gasteiger partial charge in [-0.25, -0.2) is 0 Å². The van der Waals surface area contributed by atoms with E-state index < -0.39 is 0 Å². The number of pyridine rings is 1. The summed E-state index contributed by atoms with van der Waals surface area (Å²) in [5.41, 5.74) is 5.48. The molecule has 0 saturated heterocycles. The predicted molar refractivity (Wildman–Crippen MR) is 71.5 cm³/mol. The first-order chi connectivity index (χ1) is 8.25. The Kier molecular flexibility index (Phi) is 3.73. The molecule has 0 bridgehead atoms. The number of anilines is 1. The summed E-state index contributed by atoms with van der Waals surface area (Å²) in [6.07, 6.45) is 1.74. The van der Waals surface area contributed by atoms with E-state index >= 15 is 0 Å². The molecule has 0 unspecified atom stereocenters. The van der Waals surface area contributed by atoms with Crippen LogP contribution < -0.4 is 5.43 Å². The van der Waals surface area contributed by atoms with Crippen molar-refractivity contribution >= 4 is 23.0 Å². The van der Waals surface area contributed by atoms with Crippen LogP contribution in [0, 0.1) is 0 Å². The lowest BCUT2D eigenvalue weighted by atomic mass is 10.3. The summed E-state index contributed by atoms with van der Waals surface area (Å²) in [4.78, 5) is 4.21. The number of halogens is 1. The average molecular weight is 246 g/mol. The molecule has 0 atom stereocenters. The Bertz CT molecular complexity index is 523. The summed E-state index contributed by atoms with van der Waals surface area (Å²) in [5.74, 6) is 0. The van der Waals surface area contributed by atoms with Crippen molar-refractivity contribution in [1.82, 2.24) is 4.98 Å². The molecule has 1 aromatic heterocycles. The summed E-state index contributed by atoms with van der Waals surface area (Å²) in [6, 6.07) is 13.1.